The minimum Gasteiger partial charge on any atom is -0.462 e. The van der Waals surface area contributed by atoms with Crippen molar-refractivity contribution in [3.05, 3.63) is 34.9 Å². The van der Waals surface area contributed by atoms with Gasteiger partial charge in [-0.2, -0.15) is 0 Å². The van der Waals surface area contributed by atoms with Crippen molar-refractivity contribution in [2.24, 2.45) is 0 Å². The first-order valence-electron chi connectivity index (χ1n) is 7.72. The van der Waals surface area contributed by atoms with Crippen LogP contribution < -0.4 is 0 Å². The minimum absolute atomic E-state index is 0.0767. The molecule has 0 radical (unpaired) electrons. The molecular formula is C17H22ClNO2. The number of carbonyl (C=O) groups excluding carboxylic acids is 1. The van der Waals surface area contributed by atoms with Crippen molar-refractivity contribution in [1.29, 1.82) is 0 Å². The van der Waals surface area contributed by atoms with Crippen molar-refractivity contribution in [2.45, 2.75) is 56.7 Å². The molecule has 114 valence electrons. The zero-order valence-electron chi connectivity index (χ0n) is 12.6. The number of rotatable bonds is 3. The number of carbonyl (C=O) groups is 1. The summed E-state index contributed by atoms with van der Waals surface area (Å²) in [4.78, 5) is 14.8. The average molecular weight is 308 g/mol. The van der Waals surface area contributed by atoms with Gasteiger partial charge in [0.25, 0.3) is 0 Å². The Morgan fingerprint density at radius 3 is 2.62 bits per heavy atom. The Labute approximate surface area is 131 Å². The highest BCUT2D eigenvalue weighted by Crippen LogP contribution is 2.36. The maximum Gasteiger partial charge on any atom is 0.313 e. The number of hydrogen-bond acceptors (Lipinski definition) is 3. The van der Waals surface area contributed by atoms with Gasteiger partial charge in [-0.05, 0) is 57.4 Å². The van der Waals surface area contributed by atoms with Crippen LogP contribution in [0.2, 0.25) is 5.02 Å². The summed E-state index contributed by atoms with van der Waals surface area (Å²) < 4.78 is 5.77. The van der Waals surface area contributed by atoms with Gasteiger partial charge in [-0.15, -0.1) is 0 Å². The fraction of sp³-hybridized carbons (Fsp3) is 0.588. The zero-order chi connectivity index (χ0) is 15.0. The van der Waals surface area contributed by atoms with E-state index in [9.17, 15) is 4.79 Å². The molecule has 2 bridgehead atoms. The lowest BCUT2D eigenvalue weighted by Gasteiger charge is -2.36. The Bertz CT molecular complexity index is 519. The molecule has 4 atom stereocenters. The van der Waals surface area contributed by atoms with Gasteiger partial charge in [0, 0.05) is 17.1 Å². The molecule has 2 aliphatic rings. The molecule has 2 aliphatic heterocycles. The fourth-order valence-corrected chi connectivity index (χ4v) is 3.83. The molecule has 1 unspecified atom stereocenters. The van der Waals surface area contributed by atoms with E-state index in [0.29, 0.717) is 17.1 Å². The SMILES string of the molecule is CC(C(=O)O[C@H]1C[C@H]2CC[C@@H](C1)N2C)c1cccc(Cl)c1. The zero-order valence-corrected chi connectivity index (χ0v) is 13.3. The number of fused-ring (bicyclic) bond motifs is 2. The second-order valence-electron chi connectivity index (χ2n) is 6.36. The highest BCUT2D eigenvalue weighted by molar-refractivity contribution is 6.30. The first kappa shape index (κ1) is 14.9. The summed E-state index contributed by atoms with van der Waals surface area (Å²) in [5, 5.41) is 0.657. The van der Waals surface area contributed by atoms with Gasteiger partial charge in [-0.25, -0.2) is 0 Å². The Morgan fingerprint density at radius 1 is 1.33 bits per heavy atom. The maximum absolute atomic E-state index is 12.4. The molecule has 0 amide bonds. The summed E-state index contributed by atoms with van der Waals surface area (Å²) >= 11 is 5.99. The Morgan fingerprint density at radius 2 is 2.00 bits per heavy atom. The number of hydrogen-bond donors (Lipinski definition) is 0. The van der Waals surface area contributed by atoms with E-state index >= 15 is 0 Å². The third kappa shape index (κ3) is 3.09. The number of esters is 1. The summed E-state index contributed by atoms with van der Waals surface area (Å²) in [6.07, 6.45) is 4.49. The third-order valence-corrected chi connectivity index (χ3v) is 5.28. The monoisotopic (exact) mass is 307 g/mol. The number of ether oxygens (including phenoxy) is 1. The summed E-state index contributed by atoms with van der Waals surface area (Å²) in [6.45, 7) is 1.89. The van der Waals surface area contributed by atoms with Crippen LogP contribution in [0.5, 0.6) is 0 Å². The summed E-state index contributed by atoms with van der Waals surface area (Å²) in [5.41, 5.74) is 0.920. The molecule has 0 aliphatic carbocycles. The van der Waals surface area contributed by atoms with E-state index in [-0.39, 0.29) is 18.0 Å². The third-order valence-electron chi connectivity index (χ3n) is 5.04. The molecule has 1 aromatic carbocycles. The quantitative estimate of drug-likeness (QED) is 0.799. The van der Waals surface area contributed by atoms with Gasteiger partial charge in [0.05, 0.1) is 5.92 Å². The van der Waals surface area contributed by atoms with Crippen molar-refractivity contribution < 1.29 is 9.53 Å². The van der Waals surface area contributed by atoms with Gasteiger partial charge < -0.3 is 9.64 Å². The van der Waals surface area contributed by atoms with Crippen molar-refractivity contribution in [2.75, 3.05) is 7.05 Å². The van der Waals surface area contributed by atoms with E-state index in [1.165, 1.54) is 12.8 Å². The van der Waals surface area contributed by atoms with Gasteiger partial charge in [0.1, 0.15) is 6.10 Å². The van der Waals surface area contributed by atoms with E-state index in [1.54, 1.807) is 0 Å². The van der Waals surface area contributed by atoms with E-state index in [4.69, 9.17) is 16.3 Å². The standard InChI is InChI=1S/C17H22ClNO2/c1-11(12-4-3-5-13(18)8-12)17(20)21-16-9-14-6-7-15(10-16)19(14)2/h3-5,8,11,14-16H,6-7,9-10H2,1-2H3/t11?,14-,15+,16+. The lowest BCUT2D eigenvalue weighted by atomic mass is 9.99. The van der Waals surface area contributed by atoms with Crippen molar-refractivity contribution in [3.63, 3.8) is 0 Å². The van der Waals surface area contributed by atoms with Crippen LogP contribution in [0.3, 0.4) is 0 Å². The first-order chi connectivity index (χ1) is 10.0. The Kier molecular flexibility index (Phi) is 4.23. The number of halogens is 1. The molecule has 2 fully saturated rings. The van der Waals surface area contributed by atoms with Crippen LogP contribution >= 0.6 is 11.6 Å². The van der Waals surface area contributed by atoms with Gasteiger partial charge in [-0.3, -0.25) is 4.79 Å². The fourth-order valence-electron chi connectivity index (χ4n) is 3.64. The summed E-state index contributed by atoms with van der Waals surface area (Å²) in [5.74, 6) is -0.396. The van der Waals surface area contributed by atoms with Crippen LogP contribution in [0, 0.1) is 0 Å². The minimum atomic E-state index is -0.263. The smallest absolute Gasteiger partial charge is 0.313 e. The van der Waals surface area contributed by atoms with Crippen LogP contribution in [0.4, 0.5) is 0 Å². The molecule has 2 heterocycles. The molecule has 0 N–H and O–H groups in total. The molecule has 4 heteroatoms. The van der Waals surface area contributed by atoms with Gasteiger partial charge in [0.15, 0.2) is 0 Å². The van der Waals surface area contributed by atoms with Crippen molar-refractivity contribution in [1.82, 2.24) is 4.90 Å². The van der Waals surface area contributed by atoms with E-state index < -0.39 is 0 Å². The topological polar surface area (TPSA) is 29.5 Å². The van der Waals surface area contributed by atoms with Gasteiger partial charge >= 0.3 is 5.97 Å². The molecule has 2 saturated heterocycles. The highest BCUT2D eigenvalue weighted by atomic mass is 35.5. The Balaban J connectivity index is 1.62. The van der Waals surface area contributed by atoms with Crippen LogP contribution in [0.1, 0.15) is 44.1 Å². The largest absolute Gasteiger partial charge is 0.462 e. The van der Waals surface area contributed by atoms with Crippen LogP contribution in [-0.2, 0) is 9.53 Å². The highest BCUT2D eigenvalue weighted by Gasteiger charge is 2.40. The normalized spacial score (nSPS) is 30.1. The molecule has 3 rings (SSSR count). The number of piperidine rings is 1. The van der Waals surface area contributed by atoms with Gasteiger partial charge in [0.2, 0.25) is 0 Å². The average Bonchev–Trinajstić information content (AvgIpc) is 2.69. The predicted molar refractivity (Wildman–Crippen MR) is 83.6 cm³/mol. The second-order valence-corrected chi connectivity index (χ2v) is 6.79. The molecule has 0 saturated carbocycles. The molecule has 21 heavy (non-hydrogen) atoms. The summed E-state index contributed by atoms with van der Waals surface area (Å²) in [6, 6.07) is 8.63. The Hall–Kier alpha value is -1.06. The van der Waals surface area contributed by atoms with Crippen molar-refractivity contribution in [3.8, 4) is 0 Å². The lowest BCUT2D eigenvalue weighted by Crippen LogP contribution is -2.43. The maximum atomic E-state index is 12.4. The van der Waals surface area contributed by atoms with E-state index in [0.717, 1.165) is 18.4 Å². The van der Waals surface area contributed by atoms with Crippen LogP contribution in [0.15, 0.2) is 24.3 Å². The first-order valence-corrected chi connectivity index (χ1v) is 8.10. The predicted octanol–water partition coefficient (Wildman–Crippen LogP) is 3.61. The molecule has 3 nitrogen and oxygen atoms in total. The second kappa shape index (κ2) is 5.98. The van der Waals surface area contributed by atoms with E-state index in [2.05, 4.69) is 11.9 Å². The number of benzene rings is 1. The lowest BCUT2D eigenvalue weighted by molar-refractivity contribution is -0.153. The molecular weight excluding hydrogens is 286 g/mol. The van der Waals surface area contributed by atoms with E-state index in [1.807, 2.05) is 31.2 Å². The molecule has 0 aromatic heterocycles. The summed E-state index contributed by atoms with van der Waals surface area (Å²) in [7, 11) is 2.19. The van der Waals surface area contributed by atoms with Gasteiger partial charge in [-0.1, -0.05) is 23.7 Å². The number of nitrogens with zero attached hydrogens (tertiary/aromatic N) is 1. The van der Waals surface area contributed by atoms with Crippen molar-refractivity contribution >= 4 is 17.6 Å². The molecule has 0 spiro atoms. The van der Waals surface area contributed by atoms with Crippen LogP contribution in [-0.4, -0.2) is 36.1 Å². The molecule has 1 aromatic rings. The van der Waals surface area contributed by atoms with Crippen LogP contribution in [0.25, 0.3) is 0 Å².